The van der Waals surface area contributed by atoms with E-state index in [1.807, 2.05) is 31.2 Å². The Bertz CT molecular complexity index is 987. The highest BCUT2D eigenvalue weighted by atomic mass is 32.2. The largest absolute Gasteiger partial charge is 0.326 e. The number of sulfonamides is 1. The third kappa shape index (κ3) is 4.07. The number of rotatable bonds is 6. The lowest BCUT2D eigenvalue weighted by Crippen LogP contribution is -2.28. The molecule has 1 heterocycles. The topological polar surface area (TPSA) is 95.6 Å². The molecular weight excluding hydrogens is 378 g/mol. The van der Waals surface area contributed by atoms with Crippen LogP contribution in [0.5, 0.6) is 0 Å². The first-order valence-electron chi connectivity index (χ1n) is 9.08. The van der Waals surface area contributed by atoms with Crippen molar-refractivity contribution in [3.05, 3.63) is 54.1 Å². The van der Waals surface area contributed by atoms with E-state index in [9.17, 15) is 18.0 Å². The van der Waals surface area contributed by atoms with Crippen LogP contribution in [-0.4, -0.2) is 33.8 Å². The first kappa shape index (κ1) is 20.0. The van der Waals surface area contributed by atoms with Gasteiger partial charge >= 0.3 is 0 Å². The lowest BCUT2D eigenvalue weighted by Gasteiger charge is -2.20. The van der Waals surface area contributed by atoms with Crippen LogP contribution in [0.25, 0.3) is 0 Å². The van der Waals surface area contributed by atoms with Crippen molar-refractivity contribution < 1.29 is 18.0 Å². The smallest absolute Gasteiger partial charge is 0.240 e. The Morgan fingerprint density at radius 3 is 2.46 bits per heavy atom. The zero-order valence-corrected chi connectivity index (χ0v) is 16.6. The normalized spacial score (nSPS) is 17.0. The van der Waals surface area contributed by atoms with Gasteiger partial charge in [0.15, 0.2) is 0 Å². The Kier molecular flexibility index (Phi) is 5.81. The first-order valence-corrected chi connectivity index (χ1v) is 10.6. The van der Waals surface area contributed by atoms with Gasteiger partial charge in [-0.05, 0) is 49.4 Å². The molecule has 0 bridgehead atoms. The predicted molar refractivity (Wildman–Crippen MR) is 108 cm³/mol. The van der Waals surface area contributed by atoms with Crippen molar-refractivity contribution in [3.63, 3.8) is 0 Å². The van der Waals surface area contributed by atoms with Crippen LogP contribution in [0.2, 0.25) is 0 Å². The van der Waals surface area contributed by atoms with Gasteiger partial charge in [-0.15, -0.1) is 0 Å². The van der Waals surface area contributed by atoms with Crippen LogP contribution in [0.1, 0.15) is 18.9 Å². The van der Waals surface area contributed by atoms with E-state index >= 15 is 0 Å². The molecule has 1 saturated heterocycles. The van der Waals surface area contributed by atoms with Crippen LogP contribution in [0.3, 0.4) is 0 Å². The van der Waals surface area contributed by atoms with Gasteiger partial charge in [0.25, 0.3) is 0 Å². The molecule has 1 aliphatic rings. The maximum absolute atomic E-state index is 12.6. The van der Waals surface area contributed by atoms with Gasteiger partial charge in [-0.1, -0.05) is 25.1 Å². The number of amides is 2. The lowest BCUT2D eigenvalue weighted by atomic mass is 10.1. The second kappa shape index (κ2) is 8.12. The minimum atomic E-state index is -3.52. The average Bonchev–Trinajstić information content (AvgIpc) is 3.10. The van der Waals surface area contributed by atoms with E-state index in [0.29, 0.717) is 12.2 Å². The number of anilines is 2. The fraction of sp³-hybridized carbons (Fsp3) is 0.300. The van der Waals surface area contributed by atoms with Crippen LogP contribution < -0.4 is 14.9 Å². The molecule has 1 atom stereocenters. The van der Waals surface area contributed by atoms with Crippen molar-refractivity contribution in [2.75, 3.05) is 23.8 Å². The highest BCUT2D eigenvalue weighted by Gasteiger charge is 2.35. The minimum absolute atomic E-state index is 0.0727. The molecule has 2 aromatic carbocycles. The van der Waals surface area contributed by atoms with Crippen LogP contribution >= 0.6 is 0 Å². The molecule has 2 amide bonds. The molecule has 0 unspecified atom stereocenters. The number of hydrogen-bond donors (Lipinski definition) is 2. The number of nitrogens with one attached hydrogen (secondary N) is 2. The summed E-state index contributed by atoms with van der Waals surface area (Å²) in [5.41, 5.74) is 2.41. The molecule has 0 spiro atoms. The summed E-state index contributed by atoms with van der Waals surface area (Å²) in [5, 5.41) is 2.77. The molecule has 1 fully saturated rings. The van der Waals surface area contributed by atoms with Crippen LogP contribution in [0, 0.1) is 5.92 Å². The number of nitrogens with zero attached hydrogens (tertiary/aromatic N) is 1. The number of benzene rings is 2. The zero-order chi connectivity index (χ0) is 20.3. The van der Waals surface area contributed by atoms with Gasteiger partial charge in [0.05, 0.1) is 10.8 Å². The molecule has 0 aliphatic carbocycles. The standard InChI is InChI=1S/C20H23N3O4S/c1-3-14-6-4-5-7-18(14)23-13-15(12-19(23)24)20(25)22-16-8-10-17(11-9-16)28(26,27)21-2/h4-11,15,21H,3,12-13H2,1-2H3,(H,22,25)/t15-/m0/s1. The Balaban J connectivity index is 1.70. The third-order valence-corrected chi connectivity index (χ3v) is 6.29. The van der Waals surface area contributed by atoms with Crippen LogP contribution in [-0.2, 0) is 26.0 Å². The number of carbonyl (C=O) groups is 2. The molecular formula is C20H23N3O4S. The quantitative estimate of drug-likeness (QED) is 0.775. The number of carbonyl (C=O) groups excluding carboxylic acids is 2. The first-order chi connectivity index (χ1) is 13.4. The summed E-state index contributed by atoms with van der Waals surface area (Å²) in [7, 11) is -2.19. The van der Waals surface area contributed by atoms with Gasteiger partial charge in [0, 0.05) is 24.3 Å². The molecule has 0 aromatic heterocycles. The van der Waals surface area contributed by atoms with E-state index in [2.05, 4.69) is 10.0 Å². The second-order valence-electron chi connectivity index (χ2n) is 6.61. The average molecular weight is 401 g/mol. The van der Waals surface area contributed by atoms with E-state index in [0.717, 1.165) is 17.7 Å². The third-order valence-electron chi connectivity index (χ3n) is 4.86. The van der Waals surface area contributed by atoms with Gasteiger partial charge in [0.2, 0.25) is 21.8 Å². The van der Waals surface area contributed by atoms with E-state index in [1.165, 1.54) is 31.3 Å². The monoisotopic (exact) mass is 401 g/mol. The Hall–Kier alpha value is -2.71. The zero-order valence-electron chi connectivity index (χ0n) is 15.8. The summed E-state index contributed by atoms with van der Waals surface area (Å²) in [4.78, 5) is 26.9. The molecule has 148 valence electrons. The molecule has 28 heavy (non-hydrogen) atoms. The number of aryl methyl sites for hydroxylation is 1. The van der Waals surface area contributed by atoms with Gasteiger partial charge in [-0.25, -0.2) is 13.1 Å². The predicted octanol–water partition coefficient (Wildman–Crippen LogP) is 2.15. The van der Waals surface area contributed by atoms with Gasteiger partial charge in [0.1, 0.15) is 0 Å². The van der Waals surface area contributed by atoms with E-state index in [-0.39, 0.29) is 23.1 Å². The molecule has 2 aromatic rings. The van der Waals surface area contributed by atoms with E-state index < -0.39 is 15.9 Å². The van der Waals surface area contributed by atoms with Crippen molar-refractivity contribution in [1.82, 2.24) is 4.72 Å². The maximum Gasteiger partial charge on any atom is 0.240 e. The summed E-state index contributed by atoms with van der Waals surface area (Å²) in [6.07, 6.45) is 0.953. The SMILES string of the molecule is CCc1ccccc1N1C[C@@H](C(=O)Nc2ccc(S(=O)(=O)NC)cc2)CC1=O. The highest BCUT2D eigenvalue weighted by Crippen LogP contribution is 2.29. The number of hydrogen-bond acceptors (Lipinski definition) is 4. The molecule has 1 aliphatic heterocycles. The molecule has 0 saturated carbocycles. The van der Waals surface area contributed by atoms with E-state index in [1.54, 1.807) is 4.90 Å². The Labute approximate surface area is 164 Å². The molecule has 8 heteroatoms. The second-order valence-corrected chi connectivity index (χ2v) is 8.50. The van der Waals surface area contributed by atoms with Crippen molar-refractivity contribution in [1.29, 1.82) is 0 Å². The summed E-state index contributed by atoms with van der Waals surface area (Å²) in [6, 6.07) is 13.6. The highest BCUT2D eigenvalue weighted by molar-refractivity contribution is 7.89. The van der Waals surface area contributed by atoms with Gasteiger partial charge in [-0.2, -0.15) is 0 Å². The van der Waals surface area contributed by atoms with Gasteiger partial charge < -0.3 is 10.2 Å². The minimum Gasteiger partial charge on any atom is -0.326 e. The molecule has 0 radical (unpaired) electrons. The van der Waals surface area contributed by atoms with E-state index in [4.69, 9.17) is 0 Å². The molecule has 2 N–H and O–H groups in total. The van der Waals surface area contributed by atoms with Crippen molar-refractivity contribution in [2.45, 2.75) is 24.7 Å². The van der Waals surface area contributed by atoms with Crippen LogP contribution in [0.4, 0.5) is 11.4 Å². The number of para-hydroxylation sites is 1. The maximum atomic E-state index is 12.6. The Morgan fingerprint density at radius 1 is 1.14 bits per heavy atom. The van der Waals surface area contributed by atoms with Gasteiger partial charge in [-0.3, -0.25) is 9.59 Å². The van der Waals surface area contributed by atoms with Crippen molar-refractivity contribution in [3.8, 4) is 0 Å². The molecule has 3 rings (SSSR count). The van der Waals surface area contributed by atoms with Crippen molar-refractivity contribution in [2.24, 2.45) is 5.92 Å². The summed E-state index contributed by atoms with van der Waals surface area (Å²) < 4.78 is 25.8. The lowest BCUT2D eigenvalue weighted by molar-refractivity contribution is -0.122. The van der Waals surface area contributed by atoms with Crippen molar-refractivity contribution >= 4 is 33.2 Å². The Morgan fingerprint density at radius 2 is 1.82 bits per heavy atom. The summed E-state index contributed by atoms with van der Waals surface area (Å²) in [5.74, 6) is -0.788. The summed E-state index contributed by atoms with van der Waals surface area (Å²) in [6.45, 7) is 2.36. The van der Waals surface area contributed by atoms with Crippen LogP contribution in [0.15, 0.2) is 53.4 Å². The summed E-state index contributed by atoms with van der Waals surface area (Å²) >= 11 is 0. The molecule has 7 nitrogen and oxygen atoms in total. The fourth-order valence-electron chi connectivity index (χ4n) is 3.27. The fourth-order valence-corrected chi connectivity index (χ4v) is 4.00.